The van der Waals surface area contributed by atoms with Gasteiger partial charge in [0.25, 0.3) is 0 Å². The van der Waals surface area contributed by atoms with Gasteiger partial charge in [0.05, 0.1) is 0 Å². The largest absolute Gasteiger partial charge is 0.342 e. The van der Waals surface area contributed by atoms with Gasteiger partial charge >= 0.3 is 0 Å². The average Bonchev–Trinajstić information content (AvgIpc) is 3.23. The van der Waals surface area contributed by atoms with Crippen molar-refractivity contribution in [1.29, 1.82) is 0 Å². The van der Waals surface area contributed by atoms with E-state index in [4.69, 9.17) is 0 Å². The van der Waals surface area contributed by atoms with Crippen molar-refractivity contribution < 1.29 is 9.59 Å². The van der Waals surface area contributed by atoms with Crippen LogP contribution in [0.2, 0.25) is 0 Å². The minimum Gasteiger partial charge on any atom is -0.342 e. The van der Waals surface area contributed by atoms with Crippen LogP contribution in [0.5, 0.6) is 0 Å². The minimum absolute atomic E-state index is 0.0670. The lowest BCUT2D eigenvalue weighted by Gasteiger charge is -2.47. The third kappa shape index (κ3) is 2.82. The first kappa shape index (κ1) is 14.9. The maximum Gasteiger partial charge on any atom is 0.246 e. The summed E-state index contributed by atoms with van der Waals surface area (Å²) in [7, 11) is 0. The molecule has 1 heterocycles. The highest BCUT2D eigenvalue weighted by atomic mass is 16.2. The van der Waals surface area contributed by atoms with Crippen LogP contribution in [0.1, 0.15) is 65.7 Å². The molecule has 0 radical (unpaired) electrons. The number of hydrogen-bond acceptors (Lipinski definition) is 2. The van der Waals surface area contributed by atoms with Crippen molar-refractivity contribution in [1.82, 2.24) is 10.2 Å². The zero-order chi connectivity index (χ0) is 15.2. The normalized spacial score (nSPS) is 36.5. The van der Waals surface area contributed by atoms with E-state index < -0.39 is 0 Å². The van der Waals surface area contributed by atoms with E-state index >= 15 is 0 Å². The fraction of sp³-hybridized carbons (Fsp3) is 0.882. The second kappa shape index (κ2) is 5.29. The molecular formula is C17H28N2O2. The van der Waals surface area contributed by atoms with Gasteiger partial charge in [-0.25, -0.2) is 0 Å². The second-order valence-electron chi connectivity index (χ2n) is 7.91. The molecule has 4 heteroatoms. The average molecular weight is 292 g/mol. The van der Waals surface area contributed by atoms with Crippen LogP contribution in [0.25, 0.3) is 0 Å². The predicted octanol–water partition coefficient (Wildman–Crippen LogP) is 2.47. The summed E-state index contributed by atoms with van der Waals surface area (Å²) in [4.78, 5) is 27.3. The first-order valence-electron chi connectivity index (χ1n) is 8.55. The lowest BCUT2D eigenvalue weighted by Crippen LogP contribution is -2.66. The molecule has 0 bridgehead atoms. The molecule has 2 amide bonds. The molecule has 3 fully saturated rings. The standard InChI is InChI=1S/C17H28N2O2/c1-4-13-15(20)18-14(11-7-8-11)16(21)19(13)12-6-5-9-17(2,3)10-12/h11-14H,4-10H2,1-3H3,(H,18,20). The van der Waals surface area contributed by atoms with Crippen LogP contribution < -0.4 is 5.32 Å². The second-order valence-corrected chi connectivity index (χ2v) is 7.91. The summed E-state index contributed by atoms with van der Waals surface area (Å²) in [6.07, 6.45) is 7.34. The Hall–Kier alpha value is -1.06. The van der Waals surface area contributed by atoms with E-state index in [-0.39, 0.29) is 35.4 Å². The van der Waals surface area contributed by atoms with E-state index in [9.17, 15) is 9.59 Å². The zero-order valence-electron chi connectivity index (χ0n) is 13.5. The van der Waals surface area contributed by atoms with Gasteiger partial charge < -0.3 is 10.2 Å². The lowest BCUT2D eigenvalue weighted by atomic mass is 9.74. The molecular weight excluding hydrogens is 264 g/mol. The molecule has 0 aromatic carbocycles. The number of piperazine rings is 1. The van der Waals surface area contributed by atoms with Crippen LogP contribution in [0.3, 0.4) is 0 Å². The first-order chi connectivity index (χ1) is 9.93. The van der Waals surface area contributed by atoms with Gasteiger partial charge in [0.1, 0.15) is 12.1 Å². The van der Waals surface area contributed by atoms with E-state index in [1.54, 1.807) is 0 Å². The molecule has 0 aromatic rings. The van der Waals surface area contributed by atoms with Crippen LogP contribution in [0, 0.1) is 11.3 Å². The Kier molecular flexibility index (Phi) is 3.74. The van der Waals surface area contributed by atoms with Gasteiger partial charge in [-0.3, -0.25) is 9.59 Å². The zero-order valence-corrected chi connectivity index (χ0v) is 13.5. The third-order valence-electron chi connectivity index (χ3n) is 5.51. The molecule has 0 aromatic heterocycles. The Morgan fingerprint density at radius 1 is 1.24 bits per heavy atom. The summed E-state index contributed by atoms with van der Waals surface area (Å²) in [5, 5.41) is 2.99. The molecule has 0 spiro atoms. The molecule has 2 saturated carbocycles. The van der Waals surface area contributed by atoms with Crippen LogP contribution in [0.15, 0.2) is 0 Å². The van der Waals surface area contributed by atoms with Crippen LogP contribution in [0.4, 0.5) is 0 Å². The van der Waals surface area contributed by atoms with E-state index in [1.165, 1.54) is 6.42 Å². The molecule has 3 atom stereocenters. The van der Waals surface area contributed by atoms with Gasteiger partial charge in [-0.2, -0.15) is 0 Å². The Morgan fingerprint density at radius 2 is 1.95 bits per heavy atom. The topological polar surface area (TPSA) is 49.4 Å². The highest BCUT2D eigenvalue weighted by Crippen LogP contribution is 2.41. The van der Waals surface area contributed by atoms with Crippen molar-refractivity contribution in [2.24, 2.45) is 11.3 Å². The van der Waals surface area contributed by atoms with Gasteiger partial charge in [0.15, 0.2) is 0 Å². The summed E-state index contributed by atoms with van der Waals surface area (Å²) in [6, 6.07) is -0.254. The number of rotatable bonds is 3. The smallest absolute Gasteiger partial charge is 0.246 e. The Morgan fingerprint density at radius 3 is 2.52 bits per heavy atom. The number of carbonyl (C=O) groups excluding carboxylic acids is 2. The maximum atomic E-state index is 12.9. The molecule has 3 unspecified atom stereocenters. The van der Waals surface area contributed by atoms with Crippen LogP contribution in [-0.4, -0.2) is 34.8 Å². The van der Waals surface area contributed by atoms with E-state index in [2.05, 4.69) is 19.2 Å². The summed E-state index contributed by atoms with van der Waals surface area (Å²) in [5.74, 6) is 0.641. The molecule has 118 valence electrons. The highest BCUT2D eigenvalue weighted by molar-refractivity contribution is 5.97. The van der Waals surface area contributed by atoms with Crippen molar-refractivity contribution in [3.63, 3.8) is 0 Å². The van der Waals surface area contributed by atoms with E-state index in [0.717, 1.165) is 32.1 Å². The van der Waals surface area contributed by atoms with Gasteiger partial charge in [-0.15, -0.1) is 0 Å². The van der Waals surface area contributed by atoms with Gasteiger partial charge in [0.2, 0.25) is 11.8 Å². The molecule has 1 saturated heterocycles. The van der Waals surface area contributed by atoms with Gasteiger partial charge in [-0.1, -0.05) is 27.2 Å². The number of nitrogens with zero attached hydrogens (tertiary/aromatic N) is 1. The summed E-state index contributed by atoms with van der Waals surface area (Å²) < 4.78 is 0. The maximum absolute atomic E-state index is 12.9. The first-order valence-corrected chi connectivity index (χ1v) is 8.55. The predicted molar refractivity (Wildman–Crippen MR) is 81.6 cm³/mol. The Labute approximate surface area is 127 Å². The SMILES string of the molecule is CCC1C(=O)NC(C2CC2)C(=O)N1C1CCCC(C)(C)C1. The monoisotopic (exact) mass is 292 g/mol. The number of amides is 2. The quantitative estimate of drug-likeness (QED) is 0.868. The number of nitrogens with one attached hydrogen (secondary N) is 1. The molecule has 1 N–H and O–H groups in total. The van der Waals surface area contributed by atoms with Crippen molar-refractivity contribution in [2.45, 2.75) is 83.8 Å². The summed E-state index contributed by atoms with van der Waals surface area (Å²) >= 11 is 0. The third-order valence-corrected chi connectivity index (χ3v) is 5.51. The minimum atomic E-state index is -0.258. The highest BCUT2D eigenvalue weighted by Gasteiger charge is 2.49. The van der Waals surface area contributed by atoms with Gasteiger partial charge in [-0.05, 0) is 49.9 Å². The van der Waals surface area contributed by atoms with Crippen molar-refractivity contribution in [3.05, 3.63) is 0 Å². The fourth-order valence-electron chi connectivity index (χ4n) is 4.21. The fourth-order valence-corrected chi connectivity index (χ4v) is 4.21. The lowest BCUT2D eigenvalue weighted by molar-refractivity contribution is -0.154. The van der Waals surface area contributed by atoms with Crippen molar-refractivity contribution in [3.8, 4) is 0 Å². The Balaban J connectivity index is 1.84. The number of carbonyl (C=O) groups is 2. The van der Waals surface area contributed by atoms with E-state index in [0.29, 0.717) is 12.3 Å². The molecule has 1 aliphatic heterocycles. The Bertz CT molecular complexity index is 442. The van der Waals surface area contributed by atoms with Crippen LogP contribution >= 0.6 is 0 Å². The molecule has 3 rings (SSSR count). The molecule has 4 nitrogen and oxygen atoms in total. The molecule has 2 aliphatic carbocycles. The van der Waals surface area contributed by atoms with Gasteiger partial charge in [0, 0.05) is 6.04 Å². The van der Waals surface area contributed by atoms with Crippen molar-refractivity contribution in [2.75, 3.05) is 0 Å². The summed E-state index contributed by atoms with van der Waals surface area (Å²) in [6.45, 7) is 6.58. The van der Waals surface area contributed by atoms with Crippen LogP contribution in [-0.2, 0) is 9.59 Å². The number of hydrogen-bond donors (Lipinski definition) is 1. The van der Waals surface area contributed by atoms with Crippen molar-refractivity contribution >= 4 is 11.8 Å². The molecule has 21 heavy (non-hydrogen) atoms. The molecule has 3 aliphatic rings. The van der Waals surface area contributed by atoms with E-state index in [1.807, 2.05) is 11.8 Å². The summed E-state index contributed by atoms with van der Waals surface area (Å²) in [5.41, 5.74) is 0.282.